The monoisotopic (exact) mass is 494 g/mol. The van der Waals surface area contributed by atoms with Crippen LogP contribution in [0.1, 0.15) is 39.5 Å². The number of halogens is 1. The van der Waals surface area contributed by atoms with Crippen LogP contribution in [0.5, 0.6) is 0 Å². The minimum absolute atomic E-state index is 0.119. The molecule has 0 aromatic carbocycles. The molecule has 0 spiro atoms. The molecule has 1 unspecified atom stereocenters. The Bertz CT molecular complexity index is 844. The van der Waals surface area contributed by atoms with Crippen molar-refractivity contribution in [1.82, 2.24) is 24.7 Å². The Hall–Kier alpha value is -1.58. The SMILES string of the molecule is CCN1CCN(C(=O)CSc2nc(Cl)cc(N3CCN(C(=O)C4CCCC4)C(C)C3)n2)CC1. The highest BCUT2D eigenvalue weighted by Gasteiger charge is 2.33. The van der Waals surface area contributed by atoms with Crippen LogP contribution in [0.15, 0.2) is 11.2 Å². The number of likely N-dealkylation sites (N-methyl/N-ethyl adjacent to an activating group) is 1. The summed E-state index contributed by atoms with van der Waals surface area (Å²) in [6, 6.07) is 1.90. The summed E-state index contributed by atoms with van der Waals surface area (Å²) in [5.41, 5.74) is 0. The van der Waals surface area contributed by atoms with Gasteiger partial charge in [0.05, 0.1) is 5.75 Å². The van der Waals surface area contributed by atoms with E-state index in [1.165, 1.54) is 24.6 Å². The molecule has 3 aliphatic rings. The lowest BCUT2D eigenvalue weighted by atomic mass is 10.0. The van der Waals surface area contributed by atoms with Crippen LogP contribution < -0.4 is 4.90 Å². The molecule has 3 heterocycles. The fourth-order valence-electron chi connectivity index (χ4n) is 5.04. The molecule has 3 fully saturated rings. The van der Waals surface area contributed by atoms with Crippen LogP contribution in [0.4, 0.5) is 5.82 Å². The summed E-state index contributed by atoms with van der Waals surface area (Å²) in [4.78, 5) is 43.1. The van der Waals surface area contributed by atoms with Gasteiger partial charge < -0.3 is 19.6 Å². The molecule has 0 radical (unpaired) electrons. The number of amides is 2. The van der Waals surface area contributed by atoms with Gasteiger partial charge in [-0.3, -0.25) is 9.59 Å². The largest absolute Gasteiger partial charge is 0.353 e. The van der Waals surface area contributed by atoms with E-state index in [0.29, 0.717) is 28.5 Å². The summed E-state index contributed by atoms with van der Waals surface area (Å²) in [7, 11) is 0. The average molecular weight is 495 g/mol. The minimum Gasteiger partial charge on any atom is -0.353 e. The fourth-order valence-corrected chi connectivity index (χ4v) is 6.03. The number of nitrogens with zero attached hydrogens (tertiary/aromatic N) is 6. The fraction of sp³-hybridized carbons (Fsp3) is 0.739. The van der Waals surface area contributed by atoms with E-state index in [1.54, 1.807) is 6.07 Å². The zero-order chi connectivity index (χ0) is 23.4. The van der Waals surface area contributed by atoms with E-state index in [2.05, 4.69) is 28.6 Å². The summed E-state index contributed by atoms with van der Waals surface area (Å²) in [6.07, 6.45) is 4.39. The van der Waals surface area contributed by atoms with Crippen LogP contribution in [0.3, 0.4) is 0 Å². The standard InChI is InChI=1S/C23H35ClN6O2S/c1-3-27-8-10-28(11-9-27)21(31)16-33-23-25-19(24)14-20(26-23)29-12-13-30(17(2)15-29)22(32)18-6-4-5-7-18/h14,17-18H,3-13,15-16H2,1-2H3. The number of hydrogen-bond acceptors (Lipinski definition) is 7. The number of aromatic nitrogens is 2. The first-order valence-electron chi connectivity index (χ1n) is 12.2. The molecule has 1 atom stereocenters. The van der Waals surface area contributed by atoms with Crippen LogP contribution in [-0.4, -0.2) is 101 Å². The number of anilines is 1. The molecule has 0 N–H and O–H groups in total. The minimum atomic E-state index is 0.119. The van der Waals surface area contributed by atoms with Crippen LogP contribution in [-0.2, 0) is 9.59 Å². The smallest absolute Gasteiger partial charge is 0.233 e. The average Bonchev–Trinajstić information content (AvgIpc) is 3.37. The van der Waals surface area contributed by atoms with Gasteiger partial charge in [-0.25, -0.2) is 9.97 Å². The third-order valence-electron chi connectivity index (χ3n) is 7.10. The molecular formula is C23H35ClN6O2S. The first-order chi connectivity index (χ1) is 15.9. The van der Waals surface area contributed by atoms with Gasteiger partial charge in [0, 0.05) is 63.8 Å². The molecule has 1 aliphatic carbocycles. The van der Waals surface area contributed by atoms with Crippen molar-refractivity contribution >= 4 is 41.0 Å². The van der Waals surface area contributed by atoms with Gasteiger partial charge in [-0.05, 0) is 26.3 Å². The van der Waals surface area contributed by atoms with Crippen molar-refractivity contribution in [2.45, 2.75) is 50.7 Å². The molecule has 2 amide bonds. The van der Waals surface area contributed by atoms with Gasteiger partial charge in [0.2, 0.25) is 11.8 Å². The van der Waals surface area contributed by atoms with E-state index in [0.717, 1.165) is 64.5 Å². The number of piperazine rings is 2. The van der Waals surface area contributed by atoms with Gasteiger partial charge in [-0.2, -0.15) is 0 Å². The predicted octanol–water partition coefficient (Wildman–Crippen LogP) is 2.61. The Morgan fingerprint density at radius 3 is 2.48 bits per heavy atom. The second-order valence-corrected chi connectivity index (χ2v) is 10.6. The molecular weight excluding hydrogens is 460 g/mol. The molecule has 2 saturated heterocycles. The van der Waals surface area contributed by atoms with Crippen molar-refractivity contribution in [3.63, 3.8) is 0 Å². The van der Waals surface area contributed by atoms with E-state index >= 15 is 0 Å². The van der Waals surface area contributed by atoms with Crippen LogP contribution >= 0.6 is 23.4 Å². The van der Waals surface area contributed by atoms with E-state index in [1.807, 2.05) is 9.80 Å². The van der Waals surface area contributed by atoms with Gasteiger partial charge in [0.15, 0.2) is 5.16 Å². The molecule has 1 saturated carbocycles. The summed E-state index contributed by atoms with van der Waals surface area (Å²) in [6.45, 7) is 10.8. The maximum absolute atomic E-state index is 12.9. The number of hydrogen-bond donors (Lipinski definition) is 0. The van der Waals surface area contributed by atoms with Gasteiger partial charge in [-0.1, -0.05) is 43.1 Å². The molecule has 8 nitrogen and oxygen atoms in total. The van der Waals surface area contributed by atoms with Crippen molar-refractivity contribution in [2.75, 3.05) is 63.0 Å². The summed E-state index contributed by atoms with van der Waals surface area (Å²) in [5, 5.41) is 0.902. The maximum Gasteiger partial charge on any atom is 0.233 e. The first-order valence-corrected chi connectivity index (χ1v) is 13.5. The Morgan fingerprint density at radius 1 is 1.09 bits per heavy atom. The molecule has 4 rings (SSSR count). The third-order valence-corrected chi connectivity index (χ3v) is 8.12. The number of carbonyl (C=O) groups excluding carboxylic acids is 2. The zero-order valence-corrected chi connectivity index (χ0v) is 21.3. The van der Waals surface area contributed by atoms with Crippen molar-refractivity contribution in [2.24, 2.45) is 5.92 Å². The lowest BCUT2D eigenvalue weighted by Gasteiger charge is -2.41. The van der Waals surface area contributed by atoms with Crippen LogP contribution in [0.25, 0.3) is 0 Å². The van der Waals surface area contributed by atoms with E-state index in [4.69, 9.17) is 16.6 Å². The highest BCUT2D eigenvalue weighted by molar-refractivity contribution is 7.99. The van der Waals surface area contributed by atoms with E-state index in [-0.39, 0.29) is 17.9 Å². The maximum atomic E-state index is 12.9. The topological polar surface area (TPSA) is 72.9 Å². The van der Waals surface area contributed by atoms with Crippen molar-refractivity contribution in [3.05, 3.63) is 11.2 Å². The van der Waals surface area contributed by atoms with Gasteiger partial charge in [-0.15, -0.1) is 0 Å². The number of thioether (sulfide) groups is 1. The Kier molecular flexibility index (Phi) is 8.35. The molecule has 0 bridgehead atoms. The van der Waals surface area contributed by atoms with E-state index in [9.17, 15) is 9.59 Å². The number of rotatable bonds is 6. The summed E-state index contributed by atoms with van der Waals surface area (Å²) >= 11 is 7.65. The quantitative estimate of drug-likeness (QED) is 0.342. The second-order valence-electron chi connectivity index (χ2n) is 9.24. The highest BCUT2D eigenvalue weighted by atomic mass is 35.5. The second kappa shape index (κ2) is 11.2. The molecule has 10 heteroatoms. The molecule has 1 aromatic heterocycles. The summed E-state index contributed by atoms with van der Waals surface area (Å²) in [5.74, 6) is 1.72. The molecule has 182 valence electrons. The van der Waals surface area contributed by atoms with E-state index < -0.39 is 0 Å². The van der Waals surface area contributed by atoms with Gasteiger partial charge in [0.1, 0.15) is 11.0 Å². The Balaban J connectivity index is 1.32. The lowest BCUT2D eigenvalue weighted by Crippen LogP contribution is -2.55. The number of carbonyl (C=O) groups is 2. The van der Waals surface area contributed by atoms with Crippen molar-refractivity contribution in [1.29, 1.82) is 0 Å². The Labute approximate surface area is 206 Å². The first kappa shape index (κ1) is 24.5. The lowest BCUT2D eigenvalue weighted by molar-refractivity contribution is -0.137. The third kappa shape index (κ3) is 6.11. The highest BCUT2D eigenvalue weighted by Crippen LogP contribution is 2.29. The molecule has 2 aliphatic heterocycles. The van der Waals surface area contributed by atoms with Gasteiger partial charge in [0.25, 0.3) is 0 Å². The zero-order valence-electron chi connectivity index (χ0n) is 19.7. The molecule has 1 aromatic rings. The van der Waals surface area contributed by atoms with Crippen molar-refractivity contribution in [3.8, 4) is 0 Å². The van der Waals surface area contributed by atoms with Crippen LogP contribution in [0, 0.1) is 5.92 Å². The Morgan fingerprint density at radius 2 is 1.82 bits per heavy atom. The predicted molar refractivity (Wildman–Crippen MR) is 132 cm³/mol. The molecule has 33 heavy (non-hydrogen) atoms. The summed E-state index contributed by atoms with van der Waals surface area (Å²) < 4.78 is 0. The van der Waals surface area contributed by atoms with Crippen LogP contribution in [0.2, 0.25) is 5.15 Å². The normalized spacial score (nSPS) is 22.8. The van der Waals surface area contributed by atoms with Crippen molar-refractivity contribution < 1.29 is 9.59 Å². The van der Waals surface area contributed by atoms with Gasteiger partial charge >= 0.3 is 0 Å².